The number of phenolic OH excluding ortho intramolecular Hbond substituents is 1. The number of hydrogen-bond donors (Lipinski definition) is 3. The van der Waals surface area contributed by atoms with Gasteiger partial charge in [0.15, 0.2) is 0 Å². The van der Waals surface area contributed by atoms with Gasteiger partial charge in [-0.1, -0.05) is 12.1 Å². The summed E-state index contributed by atoms with van der Waals surface area (Å²) in [7, 11) is 0. The molecule has 0 saturated heterocycles. The molecule has 0 radical (unpaired) electrons. The standard InChI is InChI=1S/C16H18N2O3/c1-11-3-2-4-14(15(11)19)16(20)18-12-5-7-13(8-6-12)21-10-9-17/h2-8,19H,9-10,17H2,1H3,(H,18,20). The molecule has 0 heterocycles. The second-order valence-electron chi connectivity index (χ2n) is 4.59. The van der Waals surface area contributed by atoms with E-state index in [1.54, 1.807) is 49.4 Å². The van der Waals surface area contributed by atoms with Crippen molar-refractivity contribution in [1.82, 2.24) is 0 Å². The normalized spacial score (nSPS) is 10.2. The first-order chi connectivity index (χ1) is 10.1. The molecule has 4 N–H and O–H groups in total. The van der Waals surface area contributed by atoms with Gasteiger partial charge in [0.2, 0.25) is 0 Å². The van der Waals surface area contributed by atoms with Crippen molar-refractivity contribution in [3.63, 3.8) is 0 Å². The Hall–Kier alpha value is -2.53. The molecule has 0 unspecified atom stereocenters. The predicted octanol–water partition coefficient (Wildman–Crippen LogP) is 2.29. The number of carbonyl (C=O) groups is 1. The fourth-order valence-electron chi connectivity index (χ4n) is 1.85. The fraction of sp³-hybridized carbons (Fsp3) is 0.188. The maximum absolute atomic E-state index is 12.1. The zero-order valence-corrected chi connectivity index (χ0v) is 11.8. The third-order valence-electron chi connectivity index (χ3n) is 2.98. The maximum atomic E-state index is 12.1. The van der Waals surface area contributed by atoms with Crippen LogP contribution in [0.1, 0.15) is 15.9 Å². The summed E-state index contributed by atoms with van der Waals surface area (Å²) in [5.41, 5.74) is 6.89. The van der Waals surface area contributed by atoms with Crippen LogP contribution in [0.5, 0.6) is 11.5 Å². The first-order valence-corrected chi connectivity index (χ1v) is 6.64. The molecule has 0 fully saturated rings. The van der Waals surface area contributed by atoms with Gasteiger partial charge in [0, 0.05) is 12.2 Å². The summed E-state index contributed by atoms with van der Waals surface area (Å²) >= 11 is 0. The molecule has 0 aliphatic rings. The van der Waals surface area contributed by atoms with E-state index >= 15 is 0 Å². The smallest absolute Gasteiger partial charge is 0.259 e. The summed E-state index contributed by atoms with van der Waals surface area (Å²) in [6.45, 7) is 2.64. The van der Waals surface area contributed by atoms with E-state index < -0.39 is 0 Å². The van der Waals surface area contributed by atoms with Gasteiger partial charge in [0.05, 0.1) is 5.56 Å². The molecule has 2 rings (SSSR count). The van der Waals surface area contributed by atoms with Crippen LogP contribution in [0.3, 0.4) is 0 Å². The molecule has 0 aliphatic carbocycles. The van der Waals surface area contributed by atoms with Crippen LogP contribution < -0.4 is 15.8 Å². The van der Waals surface area contributed by atoms with Crippen LogP contribution in [-0.4, -0.2) is 24.2 Å². The molecule has 5 heteroatoms. The van der Waals surface area contributed by atoms with Crippen molar-refractivity contribution in [3.8, 4) is 11.5 Å². The Morgan fingerprint density at radius 2 is 1.95 bits per heavy atom. The molecule has 2 aromatic rings. The monoisotopic (exact) mass is 286 g/mol. The number of nitrogens with one attached hydrogen (secondary N) is 1. The second kappa shape index (κ2) is 6.76. The highest BCUT2D eigenvalue weighted by molar-refractivity contribution is 6.06. The lowest BCUT2D eigenvalue weighted by Crippen LogP contribution is -2.12. The van der Waals surface area contributed by atoms with E-state index in [0.717, 1.165) is 0 Å². The summed E-state index contributed by atoms with van der Waals surface area (Å²) in [6.07, 6.45) is 0. The van der Waals surface area contributed by atoms with E-state index in [9.17, 15) is 9.90 Å². The van der Waals surface area contributed by atoms with E-state index in [1.807, 2.05) is 0 Å². The van der Waals surface area contributed by atoms with Gasteiger partial charge in [-0.15, -0.1) is 0 Å². The van der Waals surface area contributed by atoms with Crippen molar-refractivity contribution in [2.45, 2.75) is 6.92 Å². The summed E-state index contributed by atoms with van der Waals surface area (Å²) in [5, 5.41) is 12.6. The highest BCUT2D eigenvalue weighted by Gasteiger charge is 2.12. The van der Waals surface area contributed by atoms with Gasteiger partial charge in [-0.05, 0) is 42.8 Å². The number of hydrogen-bond acceptors (Lipinski definition) is 4. The summed E-state index contributed by atoms with van der Waals surface area (Å²) in [5.74, 6) is 0.335. The number of amides is 1. The zero-order chi connectivity index (χ0) is 15.2. The van der Waals surface area contributed by atoms with Crippen LogP contribution in [-0.2, 0) is 0 Å². The predicted molar refractivity (Wildman–Crippen MR) is 81.8 cm³/mol. The van der Waals surface area contributed by atoms with Crippen molar-refractivity contribution in [3.05, 3.63) is 53.6 Å². The highest BCUT2D eigenvalue weighted by atomic mass is 16.5. The van der Waals surface area contributed by atoms with Crippen molar-refractivity contribution in [1.29, 1.82) is 0 Å². The number of aryl methyl sites for hydroxylation is 1. The minimum atomic E-state index is -0.355. The third-order valence-corrected chi connectivity index (χ3v) is 2.98. The van der Waals surface area contributed by atoms with Crippen LogP contribution in [0, 0.1) is 6.92 Å². The molecule has 0 spiro atoms. The average molecular weight is 286 g/mol. The number of anilines is 1. The van der Waals surface area contributed by atoms with Crippen LogP contribution in [0.4, 0.5) is 5.69 Å². The zero-order valence-electron chi connectivity index (χ0n) is 11.8. The molecule has 0 atom stereocenters. The fourth-order valence-corrected chi connectivity index (χ4v) is 1.85. The Morgan fingerprint density at radius 1 is 1.24 bits per heavy atom. The lowest BCUT2D eigenvalue weighted by atomic mass is 10.1. The number of para-hydroxylation sites is 1. The quantitative estimate of drug-likeness (QED) is 0.787. The van der Waals surface area contributed by atoms with Crippen molar-refractivity contribution in [2.75, 3.05) is 18.5 Å². The molecule has 5 nitrogen and oxygen atoms in total. The van der Waals surface area contributed by atoms with Crippen molar-refractivity contribution >= 4 is 11.6 Å². The van der Waals surface area contributed by atoms with Gasteiger partial charge >= 0.3 is 0 Å². The number of ether oxygens (including phenoxy) is 1. The number of nitrogens with two attached hydrogens (primary N) is 1. The number of rotatable bonds is 5. The van der Waals surface area contributed by atoms with Gasteiger partial charge < -0.3 is 20.9 Å². The van der Waals surface area contributed by atoms with Gasteiger partial charge in [-0.3, -0.25) is 4.79 Å². The molecule has 0 bridgehead atoms. The van der Waals surface area contributed by atoms with Gasteiger partial charge in [0.25, 0.3) is 5.91 Å². The largest absolute Gasteiger partial charge is 0.507 e. The Kier molecular flexibility index (Phi) is 4.79. The summed E-state index contributed by atoms with van der Waals surface area (Å²) in [4.78, 5) is 12.1. The minimum absolute atomic E-state index is 0.00195. The highest BCUT2D eigenvalue weighted by Crippen LogP contribution is 2.23. The first-order valence-electron chi connectivity index (χ1n) is 6.64. The molecule has 110 valence electrons. The lowest BCUT2D eigenvalue weighted by molar-refractivity contribution is 0.102. The molecule has 0 aliphatic heterocycles. The van der Waals surface area contributed by atoms with E-state index in [4.69, 9.17) is 10.5 Å². The molecule has 1 amide bonds. The Labute approximate surface area is 123 Å². The van der Waals surface area contributed by atoms with Crippen molar-refractivity contribution < 1.29 is 14.6 Å². The number of phenols is 1. The van der Waals surface area contributed by atoms with E-state index in [0.29, 0.717) is 30.2 Å². The van der Waals surface area contributed by atoms with Gasteiger partial charge in [-0.25, -0.2) is 0 Å². The Morgan fingerprint density at radius 3 is 2.62 bits per heavy atom. The summed E-state index contributed by atoms with van der Waals surface area (Å²) in [6, 6.07) is 12.0. The molecule has 0 saturated carbocycles. The van der Waals surface area contributed by atoms with E-state index in [1.165, 1.54) is 0 Å². The van der Waals surface area contributed by atoms with Crippen molar-refractivity contribution in [2.24, 2.45) is 5.73 Å². The third kappa shape index (κ3) is 3.73. The SMILES string of the molecule is Cc1cccc(C(=O)Nc2ccc(OCCN)cc2)c1O. The number of carbonyl (C=O) groups excluding carboxylic acids is 1. The first kappa shape index (κ1) is 14.9. The molecule has 2 aromatic carbocycles. The Balaban J connectivity index is 2.07. The van der Waals surface area contributed by atoms with Crippen LogP contribution >= 0.6 is 0 Å². The maximum Gasteiger partial charge on any atom is 0.259 e. The number of aromatic hydroxyl groups is 1. The van der Waals surface area contributed by atoms with E-state index in [-0.39, 0.29) is 17.2 Å². The lowest BCUT2D eigenvalue weighted by Gasteiger charge is -2.09. The molecule has 0 aromatic heterocycles. The number of benzene rings is 2. The average Bonchev–Trinajstić information content (AvgIpc) is 2.49. The van der Waals surface area contributed by atoms with Gasteiger partial charge in [-0.2, -0.15) is 0 Å². The van der Waals surface area contributed by atoms with Crippen LogP contribution in [0.15, 0.2) is 42.5 Å². The minimum Gasteiger partial charge on any atom is -0.507 e. The van der Waals surface area contributed by atoms with Crippen LogP contribution in [0.25, 0.3) is 0 Å². The Bertz CT molecular complexity index is 624. The van der Waals surface area contributed by atoms with Gasteiger partial charge in [0.1, 0.15) is 18.1 Å². The molecule has 21 heavy (non-hydrogen) atoms. The topological polar surface area (TPSA) is 84.6 Å². The van der Waals surface area contributed by atoms with Crippen LogP contribution in [0.2, 0.25) is 0 Å². The second-order valence-corrected chi connectivity index (χ2v) is 4.59. The summed E-state index contributed by atoms with van der Waals surface area (Å²) < 4.78 is 5.36. The van der Waals surface area contributed by atoms with E-state index in [2.05, 4.69) is 5.32 Å². The molecular weight excluding hydrogens is 268 g/mol. The molecular formula is C16H18N2O3.